The second-order valence-electron chi connectivity index (χ2n) is 4.89. The third-order valence-corrected chi connectivity index (χ3v) is 3.19. The number of hydrogen-bond donors (Lipinski definition) is 2. The van der Waals surface area contributed by atoms with Crippen molar-refractivity contribution in [1.29, 1.82) is 0 Å². The first-order valence-electron chi connectivity index (χ1n) is 5.99. The average Bonchev–Trinajstić information content (AvgIpc) is 2.43. The molecule has 0 aliphatic carbocycles. The van der Waals surface area contributed by atoms with E-state index < -0.39 is 0 Å². The maximum Gasteiger partial charge on any atom is 0.251 e. The van der Waals surface area contributed by atoms with Crippen LogP contribution in [0.2, 0.25) is 0 Å². The number of carbonyl (C=O) groups is 1. The van der Waals surface area contributed by atoms with Gasteiger partial charge in [-0.1, -0.05) is 13.8 Å². The number of nitrogens with zero attached hydrogens (tertiary/aromatic N) is 2. The van der Waals surface area contributed by atoms with Crippen molar-refractivity contribution in [2.24, 2.45) is 11.8 Å². The Bertz CT molecular complexity index is 232. The van der Waals surface area contributed by atoms with Gasteiger partial charge in [-0.05, 0) is 25.9 Å². The van der Waals surface area contributed by atoms with Crippen molar-refractivity contribution in [3.8, 4) is 0 Å². The molecule has 0 bridgehead atoms. The molecule has 5 nitrogen and oxygen atoms in total. The Morgan fingerprint density at radius 3 is 2.50 bits per heavy atom. The van der Waals surface area contributed by atoms with Crippen LogP contribution in [0, 0.1) is 5.92 Å². The van der Waals surface area contributed by atoms with Gasteiger partial charge in [-0.3, -0.25) is 15.1 Å². The standard InChI is InChI=1S/C11H24N4O/c1-9(2)10(11(16)13-12)15-6-4-5-14(3)7-8-15/h9-10H,4-8,12H2,1-3H3,(H,13,16). The van der Waals surface area contributed by atoms with Crippen LogP contribution in [0.15, 0.2) is 0 Å². The van der Waals surface area contributed by atoms with Gasteiger partial charge < -0.3 is 4.90 Å². The largest absolute Gasteiger partial charge is 0.305 e. The zero-order valence-corrected chi connectivity index (χ0v) is 10.6. The number of nitrogens with two attached hydrogens (primary N) is 1. The van der Waals surface area contributed by atoms with Gasteiger partial charge in [-0.15, -0.1) is 0 Å². The molecule has 5 heteroatoms. The summed E-state index contributed by atoms with van der Waals surface area (Å²) in [5, 5.41) is 0. The fourth-order valence-corrected chi connectivity index (χ4v) is 2.32. The highest BCUT2D eigenvalue weighted by Crippen LogP contribution is 2.13. The molecule has 1 amide bonds. The first-order valence-corrected chi connectivity index (χ1v) is 5.99. The Labute approximate surface area is 97.9 Å². The molecule has 1 atom stereocenters. The van der Waals surface area contributed by atoms with E-state index >= 15 is 0 Å². The van der Waals surface area contributed by atoms with Crippen molar-refractivity contribution in [2.45, 2.75) is 26.3 Å². The molecule has 1 rings (SSSR count). The van der Waals surface area contributed by atoms with Crippen LogP contribution in [-0.4, -0.2) is 55.0 Å². The van der Waals surface area contributed by atoms with Gasteiger partial charge in [0.05, 0.1) is 6.04 Å². The lowest BCUT2D eigenvalue weighted by Crippen LogP contribution is -2.52. The van der Waals surface area contributed by atoms with E-state index in [4.69, 9.17) is 5.84 Å². The Morgan fingerprint density at radius 2 is 1.94 bits per heavy atom. The van der Waals surface area contributed by atoms with Crippen LogP contribution in [0.5, 0.6) is 0 Å². The van der Waals surface area contributed by atoms with Gasteiger partial charge in [0.15, 0.2) is 0 Å². The third kappa shape index (κ3) is 3.43. The molecule has 1 aliphatic heterocycles. The molecule has 1 fully saturated rings. The summed E-state index contributed by atoms with van der Waals surface area (Å²) in [4.78, 5) is 16.3. The SMILES string of the molecule is CC(C)C(C(=O)NN)N1CCCN(C)CC1. The second-order valence-corrected chi connectivity index (χ2v) is 4.89. The minimum atomic E-state index is -0.100. The van der Waals surface area contributed by atoms with E-state index in [1.165, 1.54) is 0 Å². The van der Waals surface area contributed by atoms with E-state index in [-0.39, 0.29) is 17.9 Å². The minimum Gasteiger partial charge on any atom is -0.305 e. The quantitative estimate of drug-likeness (QED) is 0.393. The van der Waals surface area contributed by atoms with Crippen LogP contribution < -0.4 is 11.3 Å². The molecule has 0 spiro atoms. The van der Waals surface area contributed by atoms with Crippen molar-refractivity contribution < 1.29 is 4.79 Å². The maximum absolute atomic E-state index is 11.8. The molecule has 1 heterocycles. The lowest BCUT2D eigenvalue weighted by atomic mass is 10.0. The van der Waals surface area contributed by atoms with E-state index in [2.05, 4.69) is 36.1 Å². The van der Waals surface area contributed by atoms with Gasteiger partial charge >= 0.3 is 0 Å². The lowest BCUT2D eigenvalue weighted by molar-refractivity contribution is -0.128. The van der Waals surface area contributed by atoms with Crippen LogP contribution in [0.3, 0.4) is 0 Å². The van der Waals surface area contributed by atoms with Crippen molar-refractivity contribution >= 4 is 5.91 Å². The fourth-order valence-electron chi connectivity index (χ4n) is 2.32. The van der Waals surface area contributed by atoms with Crippen LogP contribution in [0.4, 0.5) is 0 Å². The van der Waals surface area contributed by atoms with Gasteiger partial charge in [-0.2, -0.15) is 0 Å². The van der Waals surface area contributed by atoms with Gasteiger partial charge in [0, 0.05) is 19.6 Å². The van der Waals surface area contributed by atoms with Crippen LogP contribution in [0.1, 0.15) is 20.3 Å². The molecule has 1 unspecified atom stereocenters. The highest BCUT2D eigenvalue weighted by molar-refractivity contribution is 5.81. The van der Waals surface area contributed by atoms with Crippen molar-refractivity contribution in [2.75, 3.05) is 33.2 Å². The fraction of sp³-hybridized carbons (Fsp3) is 0.909. The van der Waals surface area contributed by atoms with Gasteiger partial charge in [0.25, 0.3) is 5.91 Å². The van der Waals surface area contributed by atoms with Crippen LogP contribution in [0.25, 0.3) is 0 Å². The number of nitrogens with one attached hydrogen (secondary N) is 1. The van der Waals surface area contributed by atoms with Crippen molar-refractivity contribution in [1.82, 2.24) is 15.2 Å². The van der Waals surface area contributed by atoms with Crippen molar-refractivity contribution in [3.05, 3.63) is 0 Å². The van der Waals surface area contributed by atoms with Crippen molar-refractivity contribution in [3.63, 3.8) is 0 Å². The lowest BCUT2D eigenvalue weighted by Gasteiger charge is -2.31. The van der Waals surface area contributed by atoms with E-state index in [9.17, 15) is 4.79 Å². The summed E-state index contributed by atoms with van der Waals surface area (Å²) >= 11 is 0. The number of rotatable bonds is 3. The summed E-state index contributed by atoms with van der Waals surface area (Å²) in [6.45, 7) is 8.16. The molecular formula is C11H24N4O. The number of carbonyl (C=O) groups excluding carboxylic acids is 1. The number of likely N-dealkylation sites (N-methyl/N-ethyl adjacent to an activating group) is 1. The summed E-state index contributed by atoms with van der Waals surface area (Å²) in [5.41, 5.74) is 2.28. The van der Waals surface area contributed by atoms with E-state index in [0.717, 1.165) is 32.6 Å². The first kappa shape index (κ1) is 13.4. The molecule has 3 N–H and O–H groups in total. The third-order valence-electron chi connectivity index (χ3n) is 3.19. The molecule has 94 valence electrons. The normalized spacial score (nSPS) is 21.8. The predicted molar refractivity (Wildman–Crippen MR) is 64.6 cm³/mol. The molecular weight excluding hydrogens is 204 g/mol. The molecule has 1 aliphatic rings. The second kappa shape index (κ2) is 6.18. The maximum atomic E-state index is 11.8. The summed E-state index contributed by atoms with van der Waals surface area (Å²) < 4.78 is 0. The summed E-state index contributed by atoms with van der Waals surface area (Å²) in [6.07, 6.45) is 1.11. The van der Waals surface area contributed by atoms with Crippen LogP contribution >= 0.6 is 0 Å². The zero-order valence-electron chi connectivity index (χ0n) is 10.6. The number of amides is 1. The minimum absolute atomic E-state index is 0.0699. The van der Waals surface area contributed by atoms with E-state index in [1.807, 2.05) is 0 Å². The van der Waals surface area contributed by atoms with Crippen LogP contribution in [-0.2, 0) is 4.79 Å². The summed E-state index contributed by atoms with van der Waals surface area (Å²) in [7, 11) is 2.12. The summed E-state index contributed by atoms with van der Waals surface area (Å²) in [6, 6.07) is -0.100. The highest BCUT2D eigenvalue weighted by Gasteiger charge is 2.29. The smallest absolute Gasteiger partial charge is 0.251 e. The number of hydrazine groups is 1. The Balaban J connectivity index is 2.66. The Morgan fingerprint density at radius 1 is 1.25 bits per heavy atom. The molecule has 1 saturated heterocycles. The molecule has 16 heavy (non-hydrogen) atoms. The molecule has 0 aromatic heterocycles. The molecule has 0 saturated carbocycles. The average molecular weight is 228 g/mol. The zero-order chi connectivity index (χ0) is 12.1. The van der Waals surface area contributed by atoms with E-state index in [1.54, 1.807) is 0 Å². The molecule has 0 radical (unpaired) electrons. The molecule has 0 aromatic carbocycles. The monoisotopic (exact) mass is 228 g/mol. The number of hydrogen-bond acceptors (Lipinski definition) is 4. The van der Waals surface area contributed by atoms with Gasteiger partial charge in [0.2, 0.25) is 0 Å². The van der Waals surface area contributed by atoms with Gasteiger partial charge in [-0.25, -0.2) is 5.84 Å². The van der Waals surface area contributed by atoms with E-state index in [0.29, 0.717) is 0 Å². The topological polar surface area (TPSA) is 61.6 Å². The highest BCUT2D eigenvalue weighted by atomic mass is 16.2. The Hall–Kier alpha value is -0.650. The Kier molecular flexibility index (Phi) is 5.18. The predicted octanol–water partition coefficient (Wildman–Crippen LogP) is -0.362. The summed E-state index contributed by atoms with van der Waals surface area (Å²) in [5.74, 6) is 5.46. The first-order chi connectivity index (χ1) is 7.56. The molecule has 0 aromatic rings. The van der Waals surface area contributed by atoms with Gasteiger partial charge in [0.1, 0.15) is 0 Å².